The Morgan fingerprint density at radius 2 is 2.21 bits per heavy atom. The second-order valence-electron chi connectivity index (χ2n) is 5.11. The molecule has 1 amide bonds. The molecule has 1 aromatic heterocycles. The van der Waals surface area contributed by atoms with Gasteiger partial charge in [0.25, 0.3) is 5.91 Å². The van der Waals surface area contributed by atoms with Gasteiger partial charge in [0.2, 0.25) is 5.67 Å². The van der Waals surface area contributed by atoms with Crippen LogP contribution in [-0.4, -0.2) is 40.6 Å². The lowest BCUT2D eigenvalue weighted by atomic mass is 10.0. The summed E-state index contributed by atoms with van der Waals surface area (Å²) >= 11 is 0. The number of aliphatic carboxylic acids is 1. The summed E-state index contributed by atoms with van der Waals surface area (Å²) < 4.78 is 19.1. The molecular weight excluding hydrogens is 253 g/mol. The summed E-state index contributed by atoms with van der Waals surface area (Å²) in [6.07, 6.45) is 1.23. The molecule has 1 fully saturated rings. The zero-order chi connectivity index (χ0) is 14.2. The van der Waals surface area contributed by atoms with Crippen molar-refractivity contribution in [2.45, 2.75) is 31.9 Å². The Kier molecular flexibility index (Phi) is 3.34. The fourth-order valence-corrected chi connectivity index (χ4v) is 2.21. The second kappa shape index (κ2) is 4.68. The molecule has 0 aliphatic carbocycles. The number of hydrogen-bond donors (Lipinski definition) is 1. The van der Waals surface area contributed by atoms with Gasteiger partial charge in [-0.3, -0.25) is 4.79 Å². The number of amides is 1. The van der Waals surface area contributed by atoms with Crippen LogP contribution in [0.4, 0.5) is 4.39 Å². The summed E-state index contributed by atoms with van der Waals surface area (Å²) in [7, 11) is 0. The minimum Gasteiger partial charge on any atom is -0.479 e. The molecule has 2 heterocycles. The average molecular weight is 269 g/mol. The molecule has 0 aromatic carbocycles. The van der Waals surface area contributed by atoms with Gasteiger partial charge >= 0.3 is 5.97 Å². The lowest BCUT2D eigenvalue weighted by molar-refractivity contribution is -0.149. The Labute approximate surface area is 110 Å². The van der Waals surface area contributed by atoms with Gasteiger partial charge in [-0.25, -0.2) is 9.18 Å². The van der Waals surface area contributed by atoms with E-state index in [2.05, 4.69) is 0 Å². The van der Waals surface area contributed by atoms with Crippen LogP contribution in [0.25, 0.3) is 0 Å². The summed E-state index contributed by atoms with van der Waals surface area (Å²) in [4.78, 5) is 24.2. The van der Waals surface area contributed by atoms with Crippen LogP contribution in [0.1, 0.15) is 42.3 Å². The number of rotatable bonds is 3. The van der Waals surface area contributed by atoms with Gasteiger partial charge in [0.15, 0.2) is 5.76 Å². The predicted molar refractivity (Wildman–Crippen MR) is 64.8 cm³/mol. The highest BCUT2D eigenvalue weighted by Gasteiger charge is 2.47. The predicted octanol–water partition coefficient (Wildman–Crippen LogP) is 2.04. The Balaban J connectivity index is 2.18. The van der Waals surface area contributed by atoms with E-state index in [1.165, 1.54) is 11.2 Å². The van der Waals surface area contributed by atoms with E-state index in [0.717, 1.165) is 5.56 Å². The third kappa shape index (κ3) is 2.34. The third-order valence-corrected chi connectivity index (χ3v) is 3.40. The number of carbonyl (C=O) groups excluding carboxylic acids is 1. The highest BCUT2D eigenvalue weighted by molar-refractivity contribution is 5.94. The van der Waals surface area contributed by atoms with E-state index in [9.17, 15) is 14.0 Å². The van der Waals surface area contributed by atoms with Crippen molar-refractivity contribution in [1.82, 2.24) is 4.90 Å². The first-order valence-corrected chi connectivity index (χ1v) is 6.14. The van der Waals surface area contributed by atoms with Crippen molar-refractivity contribution in [2.24, 2.45) is 0 Å². The van der Waals surface area contributed by atoms with Gasteiger partial charge < -0.3 is 14.4 Å². The molecule has 0 unspecified atom stereocenters. The number of hydrogen-bond acceptors (Lipinski definition) is 3. The van der Waals surface area contributed by atoms with Gasteiger partial charge in [0, 0.05) is 18.5 Å². The van der Waals surface area contributed by atoms with E-state index < -0.39 is 24.1 Å². The van der Waals surface area contributed by atoms with Gasteiger partial charge in [-0.1, -0.05) is 13.8 Å². The van der Waals surface area contributed by atoms with Crippen LogP contribution in [0, 0.1) is 0 Å². The van der Waals surface area contributed by atoms with Crippen molar-refractivity contribution in [1.29, 1.82) is 0 Å². The smallest absolute Gasteiger partial charge is 0.343 e. The molecule has 1 aliphatic heterocycles. The molecule has 1 N–H and O–H groups in total. The van der Waals surface area contributed by atoms with E-state index in [4.69, 9.17) is 9.52 Å². The average Bonchev–Trinajstić information content (AvgIpc) is 2.95. The van der Waals surface area contributed by atoms with Crippen LogP contribution in [0.3, 0.4) is 0 Å². The largest absolute Gasteiger partial charge is 0.479 e. The maximum Gasteiger partial charge on any atom is 0.343 e. The van der Waals surface area contributed by atoms with E-state index in [0.29, 0.717) is 0 Å². The standard InChI is InChI=1S/C13H16FNO4/c1-8(2)9-3-6-19-10(9)11(16)15-5-4-13(14,7-15)12(17)18/h3,6,8H,4-5,7H2,1-2H3,(H,17,18)/t13-/m0/s1. The monoisotopic (exact) mass is 269 g/mol. The first-order valence-electron chi connectivity index (χ1n) is 6.14. The molecule has 0 spiro atoms. The van der Waals surface area contributed by atoms with Crippen LogP contribution in [-0.2, 0) is 4.79 Å². The number of furan rings is 1. The Hall–Kier alpha value is -1.85. The molecular formula is C13H16FNO4. The fraction of sp³-hybridized carbons (Fsp3) is 0.538. The number of carboxylic acids is 1. The Morgan fingerprint density at radius 3 is 2.74 bits per heavy atom. The van der Waals surface area contributed by atoms with Crippen LogP contribution in [0.2, 0.25) is 0 Å². The molecule has 104 valence electrons. The first-order chi connectivity index (χ1) is 8.85. The molecule has 2 rings (SSSR count). The summed E-state index contributed by atoms with van der Waals surface area (Å²) in [6, 6.07) is 1.70. The zero-order valence-corrected chi connectivity index (χ0v) is 10.9. The first kappa shape index (κ1) is 13.6. The van der Waals surface area contributed by atoms with E-state index in [1.54, 1.807) is 6.07 Å². The lowest BCUT2D eigenvalue weighted by Crippen LogP contribution is -2.39. The summed E-state index contributed by atoms with van der Waals surface area (Å²) in [5, 5.41) is 8.81. The number of likely N-dealkylation sites (tertiary alicyclic amines) is 1. The topological polar surface area (TPSA) is 70.8 Å². The molecule has 1 aliphatic rings. The van der Waals surface area contributed by atoms with Gasteiger partial charge in [0.05, 0.1) is 12.8 Å². The van der Waals surface area contributed by atoms with E-state index >= 15 is 0 Å². The van der Waals surface area contributed by atoms with Gasteiger partial charge in [-0.15, -0.1) is 0 Å². The quantitative estimate of drug-likeness (QED) is 0.911. The molecule has 0 bridgehead atoms. The highest BCUT2D eigenvalue weighted by Crippen LogP contribution is 2.29. The third-order valence-electron chi connectivity index (χ3n) is 3.40. The number of carboxylic acid groups (broad SMARTS) is 1. The van der Waals surface area contributed by atoms with Crippen LogP contribution >= 0.6 is 0 Å². The van der Waals surface area contributed by atoms with Crippen molar-refractivity contribution >= 4 is 11.9 Å². The molecule has 0 radical (unpaired) electrons. The van der Waals surface area contributed by atoms with Crippen molar-refractivity contribution in [3.05, 3.63) is 23.7 Å². The molecule has 1 atom stereocenters. The fourth-order valence-electron chi connectivity index (χ4n) is 2.21. The molecule has 5 nitrogen and oxygen atoms in total. The lowest BCUT2D eigenvalue weighted by Gasteiger charge is -2.17. The number of carbonyl (C=O) groups is 2. The normalized spacial score (nSPS) is 23.1. The molecule has 6 heteroatoms. The molecule has 1 saturated heterocycles. The van der Waals surface area contributed by atoms with Crippen molar-refractivity contribution < 1.29 is 23.5 Å². The van der Waals surface area contributed by atoms with E-state index in [1.807, 2.05) is 13.8 Å². The second-order valence-corrected chi connectivity index (χ2v) is 5.11. The summed E-state index contributed by atoms with van der Waals surface area (Å²) in [5.74, 6) is -1.69. The Morgan fingerprint density at radius 1 is 1.53 bits per heavy atom. The number of nitrogens with zero attached hydrogens (tertiary/aromatic N) is 1. The minimum atomic E-state index is -2.35. The van der Waals surface area contributed by atoms with Crippen LogP contribution in [0.5, 0.6) is 0 Å². The molecule has 1 aromatic rings. The summed E-state index contributed by atoms with van der Waals surface area (Å²) in [6.45, 7) is 3.49. The highest BCUT2D eigenvalue weighted by atomic mass is 19.1. The zero-order valence-electron chi connectivity index (χ0n) is 10.9. The number of alkyl halides is 1. The maximum absolute atomic E-state index is 13.9. The number of halogens is 1. The van der Waals surface area contributed by atoms with Crippen molar-refractivity contribution in [3.8, 4) is 0 Å². The van der Waals surface area contributed by atoms with Crippen molar-refractivity contribution in [3.63, 3.8) is 0 Å². The van der Waals surface area contributed by atoms with Crippen LogP contribution < -0.4 is 0 Å². The summed E-state index contributed by atoms with van der Waals surface area (Å²) in [5.41, 5.74) is -1.60. The van der Waals surface area contributed by atoms with Gasteiger partial charge in [-0.05, 0) is 12.0 Å². The molecule has 19 heavy (non-hydrogen) atoms. The Bertz CT molecular complexity index is 510. The van der Waals surface area contributed by atoms with Crippen molar-refractivity contribution in [2.75, 3.05) is 13.1 Å². The SMILES string of the molecule is CC(C)c1ccoc1C(=O)N1CC[C@@](F)(C(=O)O)C1. The van der Waals surface area contributed by atoms with Gasteiger partial charge in [0.1, 0.15) is 0 Å². The maximum atomic E-state index is 13.9. The van der Waals surface area contributed by atoms with E-state index in [-0.39, 0.29) is 24.6 Å². The van der Waals surface area contributed by atoms with Gasteiger partial charge in [-0.2, -0.15) is 0 Å². The molecule has 0 saturated carbocycles. The van der Waals surface area contributed by atoms with Crippen LogP contribution in [0.15, 0.2) is 16.7 Å². The minimum absolute atomic E-state index is 0.0832.